The molecule has 7 nitrogen and oxygen atoms in total. The lowest BCUT2D eigenvalue weighted by Crippen LogP contribution is -2.34. The van der Waals surface area contributed by atoms with Crippen LogP contribution in [0.4, 0.5) is 13.2 Å². The molecule has 2 rings (SSSR count). The highest BCUT2D eigenvalue weighted by atomic mass is 32.2. The molecule has 0 unspecified atom stereocenters. The van der Waals surface area contributed by atoms with Crippen molar-refractivity contribution in [3.05, 3.63) is 12.1 Å². The van der Waals surface area contributed by atoms with Gasteiger partial charge in [-0.3, -0.25) is 0 Å². The predicted molar refractivity (Wildman–Crippen MR) is 73.6 cm³/mol. The highest BCUT2D eigenvalue weighted by Crippen LogP contribution is 2.24. The monoisotopic (exact) mass is 355 g/mol. The Hall–Kier alpha value is -1.62. The summed E-state index contributed by atoms with van der Waals surface area (Å²) in [5.74, 6) is -0.448. The van der Waals surface area contributed by atoms with Gasteiger partial charge in [0, 0.05) is 18.7 Å². The number of ether oxygens (including phenoxy) is 2. The predicted octanol–water partition coefficient (Wildman–Crippen LogP) is 1.22. The standard InChI is InChI=1S/C12H16F3N3O4S/c1-21-10-2-3-11(17-16-10)22-9-4-6-18(8-9)23(19,20)7-5-12(13,14)15/h2-3,9H,4-8H2,1H3/t9-/m0/s1. The zero-order valence-corrected chi connectivity index (χ0v) is 13.1. The first-order valence-electron chi connectivity index (χ1n) is 6.78. The summed E-state index contributed by atoms with van der Waals surface area (Å²) in [6.45, 7) is 0.113. The number of aromatic nitrogens is 2. The minimum atomic E-state index is -4.50. The van der Waals surface area contributed by atoms with Crippen LogP contribution in [0, 0.1) is 0 Å². The van der Waals surface area contributed by atoms with E-state index in [1.807, 2.05) is 0 Å². The van der Waals surface area contributed by atoms with Crippen molar-refractivity contribution in [3.63, 3.8) is 0 Å². The molecule has 0 aromatic carbocycles. The van der Waals surface area contributed by atoms with Crippen molar-refractivity contribution in [3.8, 4) is 11.8 Å². The van der Waals surface area contributed by atoms with Crippen LogP contribution in [0.1, 0.15) is 12.8 Å². The van der Waals surface area contributed by atoms with Crippen molar-refractivity contribution in [2.24, 2.45) is 0 Å². The van der Waals surface area contributed by atoms with Crippen molar-refractivity contribution < 1.29 is 31.1 Å². The number of nitrogens with zero attached hydrogens (tertiary/aromatic N) is 3. The van der Waals surface area contributed by atoms with Crippen LogP contribution in [0.15, 0.2) is 12.1 Å². The Kier molecular flexibility index (Phi) is 5.30. The second kappa shape index (κ2) is 6.87. The van der Waals surface area contributed by atoms with E-state index in [2.05, 4.69) is 10.2 Å². The van der Waals surface area contributed by atoms with E-state index in [1.54, 1.807) is 0 Å². The molecule has 1 atom stereocenters. The Morgan fingerprint density at radius 2 is 1.96 bits per heavy atom. The third-order valence-corrected chi connectivity index (χ3v) is 5.10. The molecular formula is C12H16F3N3O4S. The summed E-state index contributed by atoms with van der Waals surface area (Å²) in [5.41, 5.74) is 0. The number of halogens is 3. The molecule has 1 aliphatic rings. The summed E-state index contributed by atoms with van der Waals surface area (Å²) >= 11 is 0. The fourth-order valence-corrected chi connectivity index (χ4v) is 3.60. The summed E-state index contributed by atoms with van der Waals surface area (Å²) < 4.78 is 71.6. The van der Waals surface area contributed by atoms with E-state index < -0.39 is 34.5 Å². The van der Waals surface area contributed by atoms with Gasteiger partial charge < -0.3 is 9.47 Å². The molecule has 1 aliphatic heterocycles. The summed E-state index contributed by atoms with van der Waals surface area (Å²) in [6, 6.07) is 3.06. The van der Waals surface area contributed by atoms with Gasteiger partial charge in [-0.25, -0.2) is 8.42 Å². The molecule has 1 aromatic heterocycles. The molecule has 2 heterocycles. The van der Waals surface area contributed by atoms with Crippen molar-refractivity contribution >= 4 is 10.0 Å². The number of alkyl halides is 3. The lowest BCUT2D eigenvalue weighted by Gasteiger charge is -2.17. The van der Waals surface area contributed by atoms with Crippen LogP contribution in [0.2, 0.25) is 0 Å². The largest absolute Gasteiger partial charge is 0.480 e. The highest BCUT2D eigenvalue weighted by Gasteiger charge is 2.36. The van der Waals surface area contributed by atoms with Gasteiger partial charge in [0.1, 0.15) is 6.10 Å². The molecule has 0 radical (unpaired) electrons. The van der Waals surface area contributed by atoms with Crippen LogP contribution in [0.5, 0.6) is 11.8 Å². The maximum Gasteiger partial charge on any atom is 0.390 e. The number of hydrogen-bond donors (Lipinski definition) is 0. The van der Waals surface area contributed by atoms with Gasteiger partial charge in [0.2, 0.25) is 21.8 Å². The molecule has 0 N–H and O–H groups in total. The second-order valence-electron chi connectivity index (χ2n) is 4.98. The van der Waals surface area contributed by atoms with Gasteiger partial charge >= 0.3 is 6.18 Å². The van der Waals surface area contributed by atoms with E-state index in [9.17, 15) is 21.6 Å². The molecule has 0 amide bonds. The fraction of sp³-hybridized carbons (Fsp3) is 0.667. The first kappa shape index (κ1) is 17.7. The lowest BCUT2D eigenvalue weighted by atomic mass is 10.3. The van der Waals surface area contributed by atoms with Crippen LogP contribution in [-0.4, -0.2) is 61.2 Å². The zero-order valence-electron chi connectivity index (χ0n) is 12.3. The molecule has 0 bridgehead atoms. The normalized spacial score (nSPS) is 19.7. The molecule has 1 saturated heterocycles. The smallest absolute Gasteiger partial charge is 0.390 e. The average Bonchev–Trinajstić information content (AvgIpc) is 2.95. The molecule has 23 heavy (non-hydrogen) atoms. The fourth-order valence-electron chi connectivity index (χ4n) is 2.07. The Bertz CT molecular complexity index is 621. The highest BCUT2D eigenvalue weighted by molar-refractivity contribution is 7.89. The van der Waals surface area contributed by atoms with Crippen LogP contribution in [0.25, 0.3) is 0 Å². The van der Waals surface area contributed by atoms with Crippen molar-refractivity contribution in [1.82, 2.24) is 14.5 Å². The zero-order chi connectivity index (χ0) is 17.1. The number of hydrogen-bond acceptors (Lipinski definition) is 6. The molecule has 0 aliphatic carbocycles. The Morgan fingerprint density at radius 3 is 2.52 bits per heavy atom. The third kappa shape index (κ3) is 5.20. The van der Waals surface area contributed by atoms with Gasteiger partial charge in [-0.05, 0) is 6.42 Å². The number of sulfonamides is 1. The average molecular weight is 355 g/mol. The number of methoxy groups -OCH3 is 1. The van der Waals surface area contributed by atoms with Gasteiger partial charge in [-0.1, -0.05) is 0 Å². The summed E-state index contributed by atoms with van der Waals surface area (Å²) in [4.78, 5) is 0. The van der Waals surface area contributed by atoms with E-state index in [-0.39, 0.29) is 19.0 Å². The van der Waals surface area contributed by atoms with Gasteiger partial charge in [-0.15, -0.1) is 10.2 Å². The Morgan fingerprint density at radius 1 is 1.30 bits per heavy atom. The van der Waals surface area contributed by atoms with Gasteiger partial charge in [0.15, 0.2) is 0 Å². The molecular weight excluding hydrogens is 339 g/mol. The van der Waals surface area contributed by atoms with Gasteiger partial charge in [-0.2, -0.15) is 17.5 Å². The second-order valence-corrected chi connectivity index (χ2v) is 7.07. The molecule has 0 saturated carbocycles. The van der Waals surface area contributed by atoms with E-state index >= 15 is 0 Å². The Balaban J connectivity index is 1.89. The maximum atomic E-state index is 12.2. The van der Waals surface area contributed by atoms with Crippen molar-refractivity contribution in [2.45, 2.75) is 25.1 Å². The lowest BCUT2D eigenvalue weighted by molar-refractivity contribution is -0.130. The first-order valence-corrected chi connectivity index (χ1v) is 8.39. The van der Waals surface area contributed by atoms with E-state index in [4.69, 9.17) is 9.47 Å². The minimum Gasteiger partial charge on any atom is -0.480 e. The summed E-state index contributed by atoms with van der Waals surface area (Å²) in [5, 5.41) is 7.46. The van der Waals surface area contributed by atoms with Gasteiger partial charge in [0.25, 0.3) is 0 Å². The van der Waals surface area contributed by atoms with Crippen molar-refractivity contribution in [2.75, 3.05) is 26.0 Å². The third-order valence-electron chi connectivity index (χ3n) is 3.26. The van der Waals surface area contributed by atoms with Crippen LogP contribution in [-0.2, 0) is 10.0 Å². The molecule has 1 fully saturated rings. The topological polar surface area (TPSA) is 81.6 Å². The Labute approximate surface area is 131 Å². The first-order chi connectivity index (χ1) is 10.7. The maximum absolute atomic E-state index is 12.2. The van der Waals surface area contributed by atoms with Crippen LogP contribution in [0.3, 0.4) is 0 Å². The quantitative estimate of drug-likeness (QED) is 0.763. The molecule has 130 valence electrons. The molecule has 1 aromatic rings. The summed E-state index contributed by atoms with van der Waals surface area (Å²) in [7, 11) is -2.52. The van der Waals surface area contributed by atoms with E-state index in [1.165, 1.54) is 19.2 Å². The van der Waals surface area contributed by atoms with E-state index in [0.29, 0.717) is 12.3 Å². The van der Waals surface area contributed by atoms with Gasteiger partial charge in [0.05, 0.1) is 25.8 Å². The van der Waals surface area contributed by atoms with Crippen molar-refractivity contribution in [1.29, 1.82) is 0 Å². The molecule has 0 spiro atoms. The SMILES string of the molecule is COc1ccc(O[C@H]2CCN(S(=O)(=O)CCC(F)(F)F)C2)nn1. The number of rotatable bonds is 6. The minimum absolute atomic E-state index is 0.00605. The molecule has 11 heteroatoms. The summed E-state index contributed by atoms with van der Waals surface area (Å²) in [6.07, 6.45) is -5.96. The van der Waals surface area contributed by atoms with E-state index in [0.717, 1.165) is 4.31 Å². The van der Waals surface area contributed by atoms with Crippen LogP contribution >= 0.6 is 0 Å². The van der Waals surface area contributed by atoms with Crippen LogP contribution < -0.4 is 9.47 Å².